The molecule has 2 aliphatic heterocycles. The molecule has 2 N–H and O–H groups in total. The number of hydrogen-bond donors (Lipinski definition) is 1. The summed E-state index contributed by atoms with van der Waals surface area (Å²) in [4.78, 5) is 36.6. The number of thiophene rings is 1. The van der Waals surface area contributed by atoms with Crippen LogP contribution in [0.5, 0.6) is 0 Å². The lowest BCUT2D eigenvalue weighted by Crippen LogP contribution is -2.50. The molecule has 6 rings (SSSR count). The van der Waals surface area contributed by atoms with Crippen molar-refractivity contribution in [2.45, 2.75) is 33.2 Å². The number of aliphatic imine (C=N–C) groups is 1. The Bertz CT molecular complexity index is 1810. The molecule has 1 aromatic carbocycles. The fourth-order valence-corrected chi connectivity index (χ4v) is 6.74. The monoisotopic (exact) mass is 651 g/mol. The number of benzene rings is 1. The number of piperazine rings is 1. The Morgan fingerprint density at radius 3 is 2.45 bits per heavy atom. The van der Waals surface area contributed by atoms with Crippen LogP contribution >= 0.6 is 35.3 Å². The van der Waals surface area contributed by atoms with Crippen molar-refractivity contribution >= 4 is 52.9 Å². The van der Waals surface area contributed by atoms with Crippen LogP contribution in [0.1, 0.15) is 62.0 Å². The molecule has 1 fully saturated rings. The molecule has 0 bridgehead atoms. The average molecular weight is 653 g/mol. The second-order valence-electron chi connectivity index (χ2n) is 10.5. The second-order valence-corrected chi connectivity index (χ2v) is 12.1. The number of nitrogens with two attached hydrogens (primary N) is 1. The molecule has 0 saturated carbocycles. The molecule has 4 aromatic rings. The highest BCUT2D eigenvalue weighted by molar-refractivity contribution is 7.15. The SMILES string of the molecule is Cc1sc2c(c1C)C(c1ccc(Cl)cc1)=N[C@@H](CC(=O)N1CCN(C(=O)c3ccc(C#CCN)o3)CC1)c1nnc(C)n1-2.Cl. The van der Waals surface area contributed by atoms with E-state index in [1.54, 1.807) is 33.3 Å². The van der Waals surface area contributed by atoms with E-state index >= 15 is 0 Å². The molecule has 10 nitrogen and oxygen atoms in total. The van der Waals surface area contributed by atoms with Crippen LogP contribution in [-0.4, -0.2) is 74.8 Å². The molecule has 228 valence electrons. The lowest BCUT2D eigenvalue weighted by molar-refractivity contribution is -0.133. The summed E-state index contributed by atoms with van der Waals surface area (Å²) < 4.78 is 7.61. The molecule has 5 heterocycles. The molecule has 0 radical (unpaired) electrons. The summed E-state index contributed by atoms with van der Waals surface area (Å²) in [5.74, 6) is 7.21. The zero-order valence-electron chi connectivity index (χ0n) is 24.5. The minimum Gasteiger partial charge on any atom is -0.443 e. The first-order chi connectivity index (χ1) is 20.7. The molecule has 1 atom stereocenters. The molecule has 2 aliphatic rings. The summed E-state index contributed by atoms with van der Waals surface area (Å²) in [5.41, 5.74) is 9.29. The number of amides is 2. The second kappa shape index (κ2) is 13.0. The lowest BCUT2D eigenvalue weighted by Gasteiger charge is -2.34. The normalized spacial score (nSPS) is 15.8. The van der Waals surface area contributed by atoms with E-state index in [1.165, 1.54) is 4.88 Å². The Balaban J connectivity index is 0.00000384. The summed E-state index contributed by atoms with van der Waals surface area (Å²) >= 11 is 7.88. The van der Waals surface area contributed by atoms with Crippen molar-refractivity contribution < 1.29 is 14.0 Å². The largest absolute Gasteiger partial charge is 0.443 e. The minimum absolute atomic E-state index is 0. The number of nitrogens with zero attached hydrogens (tertiary/aromatic N) is 6. The van der Waals surface area contributed by atoms with Gasteiger partial charge in [0, 0.05) is 47.2 Å². The number of aryl methyl sites for hydroxylation is 2. The Labute approximate surface area is 270 Å². The molecule has 0 unspecified atom stereocenters. The van der Waals surface area contributed by atoms with Gasteiger partial charge in [-0.2, -0.15) is 0 Å². The Hall–Kier alpha value is -3.95. The molecule has 0 spiro atoms. The van der Waals surface area contributed by atoms with Gasteiger partial charge in [0.25, 0.3) is 5.91 Å². The van der Waals surface area contributed by atoms with Gasteiger partial charge in [-0.15, -0.1) is 33.9 Å². The van der Waals surface area contributed by atoms with E-state index < -0.39 is 6.04 Å². The van der Waals surface area contributed by atoms with E-state index in [4.69, 9.17) is 26.7 Å². The maximum absolute atomic E-state index is 13.7. The molecule has 44 heavy (non-hydrogen) atoms. The van der Waals surface area contributed by atoms with E-state index in [0.29, 0.717) is 42.8 Å². The third-order valence-electron chi connectivity index (χ3n) is 7.78. The summed E-state index contributed by atoms with van der Waals surface area (Å²) in [5, 5.41) is 10.5. The van der Waals surface area contributed by atoms with Gasteiger partial charge in [-0.1, -0.05) is 29.7 Å². The predicted octanol–water partition coefficient (Wildman–Crippen LogP) is 4.50. The molecule has 1 saturated heterocycles. The molecule has 13 heteroatoms. The first-order valence-electron chi connectivity index (χ1n) is 14.0. The quantitative estimate of drug-likeness (QED) is 0.324. The Morgan fingerprint density at radius 1 is 1.05 bits per heavy atom. The van der Waals surface area contributed by atoms with Crippen molar-refractivity contribution in [1.29, 1.82) is 0 Å². The van der Waals surface area contributed by atoms with Crippen LogP contribution in [0.25, 0.3) is 5.00 Å². The van der Waals surface area contributed by atoms with Gasteiger partial charge < -0.3 is 20.0 Å². The van der Waals surface area contributed by atoms with Gasteiger partial charge in [0.05, 0.1) is 18.7 Å². The van der Waals surface area contributed by atoms with Crippen molar-refractivity contribution in [3.05, 3.63) is 86.2 Å². The van der Waals surface area contributed by atoms with Crippen LogP contribution < -0.4 is 5.73 Å². The van der Waals surface area contributed by atoms with Gasteiger partial charge in [0.15, 0.2) is 17.3 Å². The van der Waals surface area contributed by atoms with Gasteiger partial charge >= 0.3 is 0 Å². The zero-order chi connectivity index (χ0) is 30.2. The lowest BCUT2D eigenvalue weighted by atomic mass is 9.99. The Morgan fingerprint density at radius 2 is 1.75 bits per heavy atom. The summed E-state index contributed by atoms with van der Waals surface area (Å²) in [7, 11) is 0. The first kappa shape index (κ1) is 31.5. The number of furan rings is 1. The number of carbonyl (C=O) groups is 2. The minimum atomic E-state index is -0.547. The molecule has 3 aromatic heterocycles. The van der Waals surface area contributed by atoms with Crippen LogP contribution in [0.4, 0.5) is 0 Å². The summed E-state index contributed by atoms with van der Waals surface area (Å²) in [6, 6.07) is 10.3. The molecule has 0 aliphatic carbocycles. The number of fused-ring (bicyclic) bond motifs is 3. The summed E-state index contributed by atoms with van der Waals surface area (Å²) in [6.45, 7) is 7.92. The van der Waals surface area contributed by atoms with Gasteiger partial charge in [0.2, 0.25) is 5.91 Å². The van der Waals surface area contributed by atoms with E-state index in [0.717, 1.165) is 33.2 Å². The highest BCUT2D eigenvalue weighted by atomic mass is 35.5. The highest BCUT2D eigenvalue weighted by Crippen LogP contribution is 2.39. The summed E-state index contributed by atoms with van der Waals surface area (Å²) in [6.07, 6.45) is 0.123. The molecular weight excluding hydrogens is 621 g/mol. The van der Waals surface area contributed by atoms with E-state index in [-0.39, 0.29) is 42.9 Å². The topological polar surface area (TPSA) is 123 Å². The maximum atomic E-state index is 13.7. The Kier molecular flexibility index (Phi) is 9.27. The van der Waals surface area contributed by atoms with Crippen molar-refractivity contribution in [2.75, 3.05) is 32.7 Å². The average Bonchev–Trinajstić information content (AvgIpc) is 3.69. The number of rotatable bonds is 4. The van der Waals surface area contributed by atoms with Gasteiger partial charge in [-0.25, -0.2) is 0 Å². The van der Waals surface area contributed by atoms with Crippen LogP contribution in [0, 0.1) is 32.6 Å². The predicted molar refractivity (Wildman–Crippen MR) is 172 cm³/mol. The van der Waals surface area contributed by atoms with Gasteiger partial charge in [-0.05, 0) is 56.5 Å². The fraction of sp³-hybridized carbons (Fsp3) is 0.323. The van der Waals surface area contributed by atoms with Crippen LogP contribution in [0.2, 0.25) is 5.02 Å². The fourth-order valence-electron chi connectivity index (χ4n) is 5.40. The van der Waals surface area contributed by atoms with Gasteiger partial charge in [-0.3, -0.25) is 19.1 Å². The van der Waals surface area contributed by atoms with E-state index in [9.17, 15) is 9.59 Å². The van der Waals surface area contributed by atoms with E-state index in [1.807, 2.05) is 35.8 Å². The number of carbonyl (C=O) groups excluding carboxylic acids is 2. The van der Waals surface area contributed by atoms with Crippen LogP contribution in [-0.2, 0) is 4.79 Å². The van der Waals surface area contributed by atoms with Crippen molar-refractivity contribution in [2.24, 2.45) is 10.7 Å². The van der Waals surface area contributed by atoms with Crippen LogP contribution in [0.3, 0.4) is 0 Å². The van der Waals surface area contributed by atoms with Gasteiger partial charge in [0.1, 0.15) is 16.9 Å². The smallest absolute Gasteiger partial charge is 0.289 e. The maximum Gasteiger partial charge on any atom is 0.289 e. The third kappa shape index (κ3) is 5.90. The number of aromatic nitrogens is 3. The van der Waals surface area contributed by atoms with Crippen molar-refractivity contribution in [1.82, 2.24) is 24.6 Å². The first-order valence-corrected chi connectivity index (χ1v) is 15.2. The van der Waals surface area contributed by atoms with E-state index in [2.05, 4.69) is 35.9 Å². The van der Waals surface area contributed by atoms with Crippen molar-refractivity contribution in [3.8, 4) is 16.8 Å². The molecular formula is C31H31Cl2N7O3S. The van der Waals surface area contributed by atoms with Crippen molar-refractivity contribution in [3.63, 3.8) is 0 Å². The number of hydrogen-bond acceptors (Lipinski definition) is 8. The standard InChI is InChI=1S/C31H30ClN7O3S.ClH/c1-18-19(2)43-31-27(18)28(21-6-8-22(32)9-7-21)34-24(29-36-35-20(3)39(29)31)17-26(40)37-13-15-38(16-14-37)30(41)25-11-10-23(42-25)5-4-12-33;/h6-11,24H,12-17,33H2,1-3H3;1H/t24-;/m0./s1. The molecule has 2 amide bonds. The highest BCUT2D eigenvalue weighted by Gasteiger charge is 2.34. The van der Waals surface area contributed by atoms with Crippen LogP contribution in [0.15, 0.2) is 45.8 Å². The number of halogens is 2. The third-order valence-corrected chi connectivity index (χ3v) is 9.22. The zero-order valence-corrected chi connectivity index (χ0v) is 26.9.